The van der Waals surface area contributed by atoms with Gasteiger partial charge < -0.3 is 16.2 Å². The third kappa shape index (κ3) is 3.03. The van der Waals surface area contributed by atoms with Crippen molar-refractivity contribution in [3.05, 3.63) is 58.6 Å². The first-order valence-corrected chi connectivity index (χ1v) is 6.50. The van der Waals surface area contributed by atoms with Gasteiger partial charge in [0.05, 0.1) is 16.6 Å². The van der Waals surface area contributed by atoms with Gasteiger partial charge in [-0.1, -0.05) is 29.8 Å². The average molecular weight is 291 g/mol. The quantitative estimate of drug-likeness (QED) is 0.808. The zero-order valence-corrected chi connectivity index (χ0v) is 11.7. The highest BCUT2D eigenvalue weighted by molar-refractivity contribution is 6.33. The van der Waals surface area contributed by atoms with E-state index in [9.17, 15) is 9.90 Å². The predicted octanol–water partition coefficient (Wildman–Crippen LogP) is 3.32. The van der Waals surface area contributed by atoms with E-state index in [0.29, 0.717) is 10.7 Å². The summed E-state index contributed by atoms with van der Waals surface area (Å²) in [6, 6.07) is 11.9. The number of carbonyl (C=O) groups excluding carboxylic acids is 1. The van der Waals surface area contributed by atoms with Gasteiger partial charge in [0.15, 0.2) is 0 Å². The molecule has 4 nitrogen and oxygen atoms in total. The van der Waals surface area contributed by atoms with Crippen molar-refractivity contribution in [2.75, 3.05) is 5.32 Å². The van der Waals surface area contributed by atoms with Gasteiger partial charge in [-0.15, -0.1) is 0 Å². The van der Waals surface area contributed by atoms with Gasteiger partial charge in [-0.3, -0.25) is 4.79 Å². The van der Waals surface area contributed by atoms with E-state index < -0.39 is 5.91 Å². The smallest absolute Gasteiger partial charge is 0.250 e. The van der Waals surface area contributed by atoms with Crippen LogP contribution in [0.15, 0.2) is 42.5 Å². The number of phenols is 1. The maximum atomic E-state index is 11.3. The molecule has 0 bridgehead atoms. The van der Waals surface area contributed by atoms with Crippen LogP contribution in [0.1, 0.15) is 28.9 Å². The van der Waals surface area contributed by atoms with Crippen LogP contribution in [0.25, 0.3) is 0 Å². The van der Waals surface area contributed by atoms with Crippen molar-refractivity contribution in [3.8, 4) is 5.75 Å². The molecular formula is C15H15ClN2O2. The van der Waals surface area contributed by atoms with Crippen LogP contribution in [-0.4, -0.2) is 11.0 Å². The zero-order valence-electron chi connectivity index (χ0n) is 10.9. The zero-order chi connectivity index (χ0) is 14.7. The van der Waals surface area contributed by atoms with Gasteiger partial charge in [-0.25, -0.2) is 0 Å². The van der Waals surface area contributed by atoms with Crippen LogP contribution in [0, 0.1) is 0 Å². The lowest BCUT2D eigenvalue weighted by Gasteiger charge is -2.17. The lowest BCUT2D eigenvalue weighted by atomic mass is 10.1. The number of amides is 1. The Labute approximate surface area is 122 Å². The van der Waals surface area contributed by atoms with E-state index in [1.165, 1.54) is 0 Å². The summed E-state index contributed by atoms with van der Waals surface area (Å²) in [6.07, 6.45) is 0. The summed E-state index contributed by atoms with van der Waals surface area (Å²) in [6.45, 7) is 1.91. The standard InChI is InChI=1S/C15H15ClN2O2/c1-9(11-4-2-3-5-14(11)19)18-10-6-7-13(16)12(8-10)15(17)20/h2-9,18-19H,1H3,(H2,17,20). The first kappa shape index (κ1) is 14.2. The van der Waals surface area contributed by atoms with E-state index in [1.807, 2.05) is 19.1 Å². The Kier molecular flexibility index (Phi) is 4.15. The van der Waals surface area contributed by atoms with Crippen molar-refractivity contribution < 1.29 is 9.90 Å². The number of hydrogen-bond acceptors (Lipinski definition) is 3. The maximum Gasteiger partial charge on any atom is 0.250 e. The second kappa shape index (κ2) is 5.84. The number of rotatable bonds is 4. The number of nitrogens with one attached hydrogen (secondary N) is 1. The Hall–Kier alpha value is -2.20. The number of nitrogens with two attached hydrogens (primary N) is 1. The second-order valence-corrected chi connectivity index (χ2v) is 4.89. The van der Waals surface area contributed by atoms with Crippen LogP contribution in [0.5, 0.6) is 5.75 Å². The van der Waals surface area contributed by atoms with Crippen molar-refractivity contribution >= 4 is 23.2 Å². The van der Waals surface area contributed by atoms with E-state index in [2.05, 4.69) is 5.32 Å². The highest BCUT2D eigenvalue weighted by atomic mass is 35.5. The largest absolute Gasteiger partial charge is 0.508 e. The minimum Gasteiger partial charge on any atom is -0.508 e. The average Bonchev–Trinajstić information content (AvgIpc) is 2.41. The van der Waals surface area contributed by atoms with Gasteiger partial charge in [0.2, 0.25) is 5.91 Å². The molecule has 1 unspecified atom stereocenters. The Morgan fingerprint density at radius 1 is 1.30 bits per heavy atom. The molecule has 0 aliphatic heterocycles. The lowest BCUT2D eigenvalue weighted by molar-refractivity contribution is 0.100. The number of hydrogen-bond donors (Lipinski definition) is 3. The molecule has 2 aromatic rings. The Bertz CT molecular complexity index is 644. The Balaban J connectivity index is 2.24. The molecule has 20 heavy (non-hydrogen) atoms. The summed E-state index contributed by atoms with van der Waals surface area (Å²) in [7, 11) is 0. The Morgan fingerprint density at radius 2 is 2.00 bits per heavy atom. The number of carbonyl (C=O) groups is 1. The fraction of sp³-hybridized carbons (Fsp3) is 0.133. The molecule has 4 N–H and O–H groups in total. The highest BCUT2D eigenvalue weighted by Crippen LogP contribution is 2.28. The van der Waals surface area contributed by atoms with Gasteiger partial charge in [0.1, 0.15) is 5.75 Å². The van der Waals surface area contributed by atoms with Gasteiger partial charge >= 0.3 is 0 Å². The molecule has 0 radical (unpaired) electrons. The van der Waals surface area contributed by atoms with Gasteiger partial charge in [-0.2, -0.15) is 0 Å². The van der Waals surface area contributed by atoms with Crippen LogP contribution < -0.4 is 11.1 Å². The number of aromatic hydroxyl groups is 1. The number of halogens is 1. The van der Waals surface area contributed by atoms with Crippen LogP contribution in [0.3, 0.4) is 0 Å². The molecule has 0 heterocycles. The lowest BCUT2D eigenvalue weighted by Crippen LogP contribution is -2.13. The molecule has 1 atom stereocenters. The molecule has 1 amide bonds. The number of primary amides is 1. The van der Waals surface area contributed by atoms with Crippen LogP contribution in [0.2, 0.25) is 5.02 Å². The third-order valence-corrected chi connectivity index (χ3v) is 3.35. The molecule has 0 saturated heterocycles. The molecule has 0 fully saturated rings. The monoisotopic (exact) mass is 290 g/mol. The van der Waals surface area contributed by atoms with Gasteiger partial charge in [0, 0.05) is 11.3 Å². The third-order valence-electron chi connectivity index (χ3n) is 3.02. The van der Waals surface area contributed by atoms with E-state index in [-0.39, 0.29) is 17.4 Å². The minimum atomic E-state index is -0.575. The predicted molar refractivity (Wildman–Crippen MR) is 80.1 cm³/mol. The van der Waals surface area contributed by atoms with E-state index in [1.54, 1.807) is 30.3 Å². The maximum absolute atomic E-state index is 11.3. The highest BCUT2D eigenvalue weighted by Gasteiger charge is 2.12. The number of benzene rings is 2. The van der Waals surface area contributed by atoms with Crippen molar-refractivity contribution in [1.29, 1.82) is 0 Å². The van der Waals surface area contributed by atoms with Crippen LogP contribution in [0.4, 0.5) is 5.69 Å². The number of phenolic OH excluding ortho intramolecular Hbond substituents is 1. The minimum absolute atomic E-state index is 0.127. The summed E-state index contributed by atoms with van der Waals surface area (Å²) in [4.78, 5) is 11.3. The Morgan fingerprint density at radius 3 is 2.65 bits per heavy atom. The van der Waals surface area contributed by atoms with Crippen molar-refractivity contribution in [1.82, 2.24) is 0 Å². The molecule has 2 rings (SSSR count). The molecule has 0 aromatic heterocycles. The first-order chi connectivity index (χ1) is 9.49. The summed E-state index contributed by atoms with van der Waals surface area (Å²) in [5.41, 5.74) is 7.00. The van der Waals surface area contributed by atoms with E-state index >= 15 is 0 Å². The summed E-state index contributed by atoms with van der Waals surface area (Å²) in [5.74, 6) is -0.356. The molecule has 5 heteroatoms. The molecule has 0 aliphatic carbocycles. The molecule has 104 valence electrons. The first-order valence-electron chi connectivity index (χ1n) is 6.13. The van der Waals surface area contributed by atoms with E-state index in [4.69, 9.17) is 17.3 Å². The SMILES string of the molecule is CC(Nc1ccc(Cl)c(C(N)=O)c1)c1ccccc1O. The topological polar surface area (TPSA) is 75.3 Å². The number of anilines is 1. The summed E-state index contributed by atoms with van der Waals surface area (Å²) in [5, 5.41) is 13.3. The molecule has 0 aliphatic rings. The van der Waals surface area contributed by atoms with E-state index in [0.717, 1.165) is 5.56 Å². The van der Waals surface area contributed by atoms with Crippen LogP contribution >= 0.6 is 11.6 Å². The fourth-order valence-corrected chi connectivity index (χ4v) is 2.20. The van der Waals surface area contributed by atoms with Crippen molar-refractivity contribution in [2.45, 2.75) is 13.0 Å². The molecule has 0 spiro atoms. The van der Waals surface area contributed by atoms with Crippen molar-refractivity contribution in [3.63, 3.8) is 0 Å². The number of para-hydroxylation sites is 1. The molecule has 0 saturated carbocycles. The fourth-order valence-electron chi connectivity index (χ4n) is 1.99. The van der Waals surface area contributed by atoms with Crippen LogP contribution in [-0.2, 0) is 0 Å². The summed E-state index contributed by atoms with van der Waals surface area (Å²) >= 11 is 5.90. The van der Waals surface area contributed by atoms with Gasteiger partial charge in [-0.05, 0) is 31.2 Å². The molecule has 2 aromatic carbocycles. The van der Waals surface area contributed by atoms with Gasteiger partial charge in [0.25, 0.3) is 0 Å². The van der Waals surface area contributed by atoms with Crippen molar-refractivity contribution in [2.24, 2.45) is 5.73 Å². The second-order valence-electron chi connectivity index (χ2n) is 4.48. The summed E-state index contributed by atoms with van der Waals surface area (Å²) < 4.78 is 0. The normalized spacial score (nSPS) is 11.9. The molecular weight excluding hydrogens is 276 g/mol.